The van der Waals surface area contributed by atoms with Crippen molar-refractivity contribution in [3.63, 3.8) is 0 Å². The fourth-order valence-electron chi connectivity index (χ4n) is 1.54. The molecule has 0 unspecified atom stereocenters. The molecule has 1 rings (SSSR count). The van der Waals surface area contributed by atoms with Crippen LogP contribution in [0.25, 0.3) is 0 Å². The molecule has 0 radical (unpaired) electrons. The summed E-state index contributed by atoms with van der Waals surface area (Å²) in [6.45, 7) is 1.43. The summed E-state index contributed by atoms with van der Waals surface area (Å²) in [6, 6.07) is 3.95. The minimum atomic E-state index is -0.532. The molecule has 0 aliphatic rings. The molecule has 0 heterocycles. The zero-order chi connectivity index (χ0) is 14.6. The van der Waals surface area contributed by atoms with E-state index in [2.05, 4.69) is 4.74 Å². The van der Waals surface area contributed by atoms with Crippen LogP contribution in [0.5, 0.6) is 0 Å². The van der Waals surface area contributed by atoms with Gasteiger partial charge in [0.2, 0.25) is 0 Å². The lowest BCUT2D eigenvalue weighted by Crippen LogP contribution is -2.33. The Morgan fingerprint density at radius 1 is 1.42 bits per heavy atom. The maximum atomic E-state index is 12.0. The number of benzene rings is 1. The number of hydrogen-bond acceptors (Lipinski definition) is 5. The van der Waals surface area contributed by atoms with E-state index in [1.54, 1.807) is 6.92 Å². The molecular formula is C12H14N2O5. The van der Waals surface area contributed by atoms with E-state index in [0.717, 1.165) is 0 Å². The first kappa shape index (κ1) is 14.6. The minimum Gasteiger partial charge on any atom is -0.468 e. The Bertz CT molecular complexity index is 527. The Kier molecular flexibility index (Phi) is 4.57. The smallest absolute Gasteiger partial charge is 0.325 e. The van der Waals surface area contributed by atoms with E-state index in [9.17, 15) is 19.7 Å². The third-order valence-electron chi connectivity index (χ3n) is 2.59. The molecule has 7 nitrogen and oxygen atoms in total. The molecule has 0 bridgehead atoms. The fraction of sp³-hybridized carbons (Fsp3) is 0.333. The summed E-state index contributed by atoms with van der Waals surface area (Å²) in [4.78, 5) is 34.4. The van der Waals surface area contributed by atoms with E-state index < -0.39 is 16.8 Å². The molecule has 0 aliphatic heterocycles. The maximum Gasteiger partial charge on any atom is 0.325 e. The molecule has 0 N–H and O–H groups in total. The molecule has 0 aliphatic carbocycles. The molecule has 0 saturated heterocycles. The number of carbonyl (C=O) groups is 2. The lowest BCUT2D eigenvalue weighted by Gasteiger charge is -2.16. The Morgan fingerprint density at radius 2 is 2.05 bits per heavy atom. The second-order valence-corrected chi connectivity index (χ2v) is 3.99. The number of nitro benzene ring substituents is 1. The summed E-state index contributed by atoms with van der Waals surface area (Å²) in [5.74, 6) is -0.923. The quantitative estimate of drug-likeness (QED) is 0.463. The summed E-state index contributed by atoms with van der Waals surface area (Å²) in [6.07, 6.45) is 0. The van der Waals surface area contributed by atoms with Gasteiger partial charge < -0.3 is 9.64 Å². The second kappa shape index (κ2) is 5.94. The first-order valence-electron chi connectivity index (χ1n) is 5.44. The zero-order valence-electron chi connectivity index (χ0n) is 10.9. The van der Waals surface area contributed by atoms with Crippen LogP contribution in [0.2, 0.25) is 0 Å². The lowest BCUT2D eigenvalue weighted by molar-refractivity contribution is -0.384. The zero-order valence-corrected chi connectivity index (χ0v) is 10.9. The molecule has 1 aromatic carbocycles. The molecule has 102 valence electrons. The van der Waals surface area contributed by atoms with Crippen LogP contribution >= 0.6 is 0 Å². The molecule has 7 heteroatoms. The van der Waals surface area contributed by atoms with Crippen molar-refractivity contribution in [2.75, 3.05) is 20.7 Å². The Hall–Kier alpha value is -2.44. The van der Waals surface area contributed by atoms with Crippen molar-refractivity contribution in [1.29, 1.82) is 0 Å². The Balaban J connectivity index is 2.94. The third kappa shape index (κ3) is 3.51. The number of hydrogen-bond donors (Lipinski definition) is 0. The number of esters is 1. The highest BCUT2D eigenvalue weighted by Crippen LogP contribution is 2.18. The van der Waals surface area contributed by atoms with E-state index in [1.807, 2.05) is 0 Å². The van der Waals surface area contributed by atoms with Crippen LogP contribution in [-0.2, 0) is 9.53 Å². The van der Waals surface area contributed by atoms with Crippen LogP contribution < -0.4 is 0 Å². The van der Waals surface area contributed by atoms with Gasteiger partial charge in [-0.1, -0.05) is 0 Å². The number of likely N-dealkylation sites (N-methyl/N-ethyl adjacent to an activating group) is 1. The van der Waals surface area contributed by atoms with Crippen LogP contribution in [-0.4, -0.2) is 42.4 Å². The molecule has 1 amide bonds. The normalized spacial score (nSPS) is 9.84. The SMILES string of the molecule is COC(=O)CN(C)C(=O)c1ccc([N+](=O)[O-])cc1C. The predicted molar refractivity (Wildman–Crippen MR) is 66.8 cm³/mol. The number of amides is 1. The van der Waals surface area contributed by atoms with Gasteiger partial charge in [0.25, 0.3) is 11.6 Å². The van der Waals surface area contributed by atoms with Gasteiger partial charge in [-0.05, 0) is 18.6 Å². The van der Waals surface area contributed by atoms with E-state index in [1.165, 1.54) is 37.3 Å². The van der Waals surface area contributed by atoms with Crippen molar-refractivity contribution in [3.8, 4) is 0 Å². The van der Waals surface area contributed by atoms with Crippen molar-refractivity contribution < 1.29 is 19.2 Å². The summed E-state index contributed by atoms with van der Waals surface area (Å²) in [7, 11) is 2.69. The Labute approximate surface area is 109 Å². The van der Waals surface area contributed by atoms with Gasteiger partial charge in [-0.25, -0.2) is 0 Å². The van der Waals surface area contributed by atoms with Crippen molar-refractivity contribution in [1.82, 2.24) is 4.90 Å². The van der Waals surface area contributed by atoms with Crippen molar-refractivity contribution >= 4 is 17.6 Å². The molecule has 0 atom stereocenters. The van der Waals surface area contributed by atoms with Gasteiger partial charge in [-0.3, -0.25) is 19.7 Å². The number of non-ortho nitro benzene ring substituents is 1. The second-order valence-electron chi connectivity index (χ2n) is 3.99. The molecule has 0 spiro atoms. The van der Waals surface area contributed by atoms with Gasteiger partial charge in [0.05, 0.1) is 12.0 Å². The summed E-state index contributed by atoms with van der Waals surface area (Å²) in [5, 5.41) is 10.6. The van der Waals surface area contributed by atoms with E-state index in [0.29, 0.717) is 11.1 Å². The van der Waals surface area contributed by atoms with Gasteiger partial charge in [0.15, 0.2) is 0 Å². The fourth-order valence-corrected chi connectivity index (χ4v) is 1.54. The number of nitrogens with zero attached hydrogens (tertiary/aromatic N) is 2. The highest BCUT2D eigenvalue weighted by atomic mass is 16.6. The molecule has 0 fully saturated rings. The molecule has 0 saturated carbocycles. The average molecular weight is 266 g/mol. The highest BCUT2D eigenvalue weighted by Gasteiger charge is 2.18. The topological polar surface area (TPSA) is 89.8 Å². The van der Waals surface area contributed by atoms with Gasteiger partial charge in [-0.15, -0.1) is 0 Å². The first-order valence-corrected chi connectivity index (χ1v) is 5.44. The lowest BCUT2D eigenvalue weighted by atomic mass is 10.1. The third-order valence-corrected chi connectivity index (χ3v) is 2.59. The summed E-state index contributed by atoms with van der Waals surface area (Å²) < 4.78 is 4.47. The number of nitro groups is 1. The van der Waals surface area contributed by atoms with Crippen molar-refractivity contribution in [2.45, 2.75) is 6.92 Å². The van der Waals surface area contributed by atoms with Crippen LogP contribution in [0.1, 0.15) is 15.9 Å². The Morgan fingerprint density at radius 3 is 2.53 bits per heavy atom. The van der Waals surface area contributed by atoms with Crippen LogP contribution in [0, 0.1) is 17.0 Å². The number of ether oxygens (including phenoxy) is 1. The predicted octanol–water partition coefficient (Wildman–Crippen LogP) is 1.15. The first-order chi connectivity index (χ1) is 8.86. The number of methoxy groups -OCH3 is 1. The van der Waals surface area contributed by atoms with E-state index >= 15 is 0 Å². The summed E-state index contributed by atoms with van der Waals surface area (Å²) in [5.41, 5.74) is 0.720. The standard InChI is InChI=1S/C12H14N2O5/c1-8-6-9(14(17)18)4-5-10(8)12(16)13(2)7-11(15)19-3/h4-6H,7H2,1-3H3. The van der Waals surface area contributed by atoms with Gasteiger partial charge in [0.1, 0.15) is 6.54 Å². The van der Waals surface area contributed by atoms with E-state index in [4.69, 9.17) is 0 Å². The number of carbonyl (C=O) groups excluding carboxylic acids is 2. The maximum absolute atomic E-state index is 12.0. The summed E-state index contributed by atoms with van der Waals surface area (Å²) >= 11 is 0. The monoisotopic (exact) mass is 266 g/mol. The van der Waals surface area contributed by atoms with Crippen molar-refractivity contribution in [3.05, 3.63) is 39.4 Å². The molecular weight excluding hydrogens is 252 g/mol. The number of rotatable bonds is 4. The highest BCUT2D eigenvalue weighted by molar-refractivity contribution is 5.97. The van der Waals surface area contributed by atoms with Crippen LogP contribution in [0.15, 0.2) is 18.2 Å². The molecule has 0 aromatic heterocycles. The van der Waals surface area contributed by atoms with E-state index in [-0.39, 0.29) is 12.2 Å². The van der Waals surface area contributed by atoms with Crippen molar-refractivity contribution in [2.24, 2.45) is 0 Å². The van der Waals surface area contributed by atoms with Crippen LogP contribution in [0.3, 0.4) is 0 Å². The van der Waals surface area contributed by atoms with Gasteiger partial charge >= 0.3 is 5.97 Å². The minimum absolute atomic E-state index is 0.0790. The molecule has 19 heavy (non-hydrogen) atoms. The van der Waals surface area contributed by atoms with Gasteiger partial charge in [0, 0.05) is 24.7 Å². The largest absolute Gasteiger partial charge is 0.468 e. The van der Waals surface area contributed by atoms with Gasteiger partial charge in [-0.2, -0.15) is 0 Å². The van der Waals surface area contributed by atoms with Crippen LogP contribution in [0.4, 0.5) is 5.69 Å². The average Bonchev–Trinajstić information content (AvgIpc) is 2.37. The molecule has 1 aromatic rings. The number of aryl methyl sites for hydroxylation is 1.